The van der Waals surface area contributed by atoms with Gasteiger partial charge in [0.1, 0.15) is 4.70 Å². The van der Waals surface area contributed by atoms with E-state index in [1.165, 1.54) is 0 Å². The average Bonchev–Trinajstić information content (AvgIpc) is 3.32. The summed E-state index contributed by atoms with van der Waals surface area (Å²) in [7, 11) is -4.00. The highest BCUT2D eigenvalue weighted by Gasteiger charge is 2.28. The van der Waals surface area contributed by atoms with Gasteiger partial charge in [-0.05, 0) is 49.6 Å². The molecule has 8 nitrogen and oxygen atoms in total. The van der Waals surface area contributed by atoms with E-state index in [1.54, 1.807) is 23.1 Å². The van der Waals surface area contributed by atoms with Gasteiger partial charge in [0.05, 0.1) is 29.2 Å². The minimum absolute atomic E-state index is 0.187. The lowest BCUT2D eigenvalue weighted by molar-refractivity contribution is -0.669. The molecule has 1 unspecified atom stereocenters. The number of unbranched alkanes of at least 4 members (excludes halogenated alkanes) is 2. The number of thiazole rings is 1. The molecule has 0 saturated carbocycles. The van der Waals surface area contributed by atoms with Crippen LogP contribution in [0.5, 0.6) is 0 Å². The van der Waals surface area contributed by atoms with Crippen LogP contribution in [-0.4, -0.2) is 40.6 Å². The predicted molar refractivity (Wildman–Crippen MR) is 151 cm³/mol. The quantitative estimate of drug-likeness (QED) is 0.109. The van der Waals surface area contributed by atoms with Gasteiger partial charge in [0.25, 0.3) is 15.1 Å². The Morgan fingerprint density at radius 3 is 2.59 bits per heavy atom. The molecule has 1 aromatic heterocycles. The van der Waals surface area contributed by atoms with Crippen molar-refractivity contribution in [3.63, 3.8) is 0 Å². The molecule has 2 N–H and O–H groups in total. The number of thioether (sulfide) groups is 1. The molecular weight excluding hydrogens is 599 g/mol. The van der Waals surface area contributed by atoms with E-state index in [1.807, 2.05) is 36.4 Å². The summed E-state index contributed by atoms with van der Waals surface area (Å²) in [6.07, 6.45) is 4.37. The second-order valence-electron chi connectivity index (χ2n) is 8.29. The lowest BCUT2D eigenvalue weighted by atomic mass is 10.2. The first-order valence-corrected chi connectivity index (χ1v) is 16.4. The zero-order valence-corrected chi connectivity index (χ0v) is 24.3. The Bertz CT molecular complexity index is 1440. The average molecular weight is 625 g/mol. The van der Waals surface area contributed by atoms with Crippen LogP contribution in [0.3, 0.4) is 0 Å². The molecule has 1 atom stereocenters. The molecule has 3 aromatic rings. The minimum Gasteiger partial charge on any atom is -0.335 e. The Morgan fingerprint density at radius 1 is 1.08 bits per heavy atom. The third-order valence-corrected chi connectivity index (χ3v) is 9.49. The van der Waals surface area contributed by atoms with E-state index in [4.69, 9.17) is 36.5 Å². The fourth-order valence-electron chi connectivity index (χ4n) is 3.99. The van der Waals surface area contributed by atoms with Gasteiger partial charge in [-0.2, -0.15) is 17.2 Å². The van der Waals surface area contributed by atoms with Crippen LogP contribution in [0.4, 0.5) is 5.69 Å². The monoisotopic (exact) mass is 623 g/mol. The van der Waals surface area contributed by atoms with Crippen LogP contribution >= 0.6 is 46.3 Å². The zero-order valence-electron chi connectivity index (χ0n) is 19.5. The maximum atomic E-state index is 11.1. The highest BCUT2D eigenvalue weighted by atomic mass is 35.5. The van der Waals surface area contributed by atoms with E-state index in [2.05, 4.69) is 15.5 Å². The van der Waals surface area contributed by atoms with Crippen LogP contribution in [-0.2, 0) is 32.2 Å². The summed E-state index contributed by atoms with van der Waals surface area (Å²) in [5.41, 5.74) is 1.96. The topological polar surface area (TPSA) is 108 Å². The van der Waals surface area contributed by atoms with Gasteiger partial charge in [-0.15, -0.1) is 0 Å². The number of hydrogen-bond acceptors (Lipinski definition) is 7. The minimum atomic E-state index is -4.00. The molecule has 1 aliphatic rings. The summed E-state index contributed by atoms with van der Waals surface area (Å²) >= 11 is 13.6. The maximum Gasteiger partial charge on any atom is 0.301 e. The molecule has 0 radical (unpaired) electrons. The summed E-state index contributed by atoms with van der Waals surface area (Å²) in [5.74, 6) is -0.278. The van der Waals surface area contributed by atoms with Gasteiger partial charge in [-0.3, -0.25) is 13.3 Å². The first kappa shape index (κ1) is 28.8. The van der Waals surface area contributed by atoms with E-state index in [0.29, 0.717) is 42.4 Å². The Balaban J connectivity index is 1.63. The van der Waals surface area contributed by atoms with Crippen LogP contribution in [0.1, 0.15) is 30.7 Å². The molecule has 0 aliphatic carbocycles. The first-order valence-electron chi connectivity index (χ1n) is 11.4. The lowest BCUT2D eigenvalue weighted by Crippen LogP contribution is -2.35. The summed E-state index contributed by atoms with van der Waals surface area (Å²) in [5, 5.41) is 3.24. The van der Waals surface area contributed by atoms with Gasteiger partial charge in [-0.25, -0.2) is 0 Å². The molecule has 2 aromatic carbocycles. The molecule has 0 amide bonds. The number of fused-ring (bicyclic) bond motifs is 2. The van der Waals surface area contributed by atoms with E-state index >= 15 is 0 Å². The van der Waals surface area contributed by atoms with Crippen LogP contribution in [0.2, 0.25) is 10.0 Å². The summed E-state index contributed by atoms with van der Waals surface area (Å²) in [6, 6.07) is 11.5. The highest BCUT2D eigenvalue weighted by Crippen LogP contribution is 2.48. The number of rotatable bonds is 12. The molecule has 0 spiro atoms. The van der Waals surface area contributed by atoms with Crippen LogP contribution in [0.15, 0.2) is 46.3 Å². The summed E-state index contributed by atoms with van der Waals surface area (Å²) in [4.78, 5) is 3.18. The molecule has 4 rings (SSSR count). The molecule has 14 heteroatoms. The normalized spacial score (nSPS) is 15.6. The molecule has 1 aliphatic heterocycles. The number of aryl methyl sites for hydroxylation is 1. The van der Waals surface area contributed by atoms with Crippen molar-refractivity contribution in [1.29, 1.82) is 0 Å². The number of anilines is 1. The molecule has 0 fully saturated rings. The van der Waals surface area contributed by atoms with Crippen molar-refractivity contribution in [3.8, 4) is 0 Å². The molecule has 0 bridgehead atoms. The van der Waals surface area contributed by atoms with E-state index in [-0.39, 0.29) is 12.4 Å². The van der Waals surface area contributed by atoms with Crippen LogP contribution < -0.4 is 9.47 Å². The fraction of sp³-hybridized carbons (Fsp3) is 0.348. The predicted octanol–water partition coefficient (Wildman–Crippen LogP) is 6.01. The number of nitrogens with zero attached hydrogens (tertiary/aromatic N) is 2. The Labute approximate surface area is 236 Å². The Kier molecular flexibility index (Phi) is 9.92. The van der Waals surface area contributed by atoms with Crippen molar-refractivity contribution in [2.75, 3.05) is 23.8 Å². The van der Waals surface area contributed by atoms with E-state index < -0.39 is 21.5 Å². The first-order chi connectivity index (χ1) is 17.6. The third-order valence-electron chi connectivity index (χ3n) is 5.63. The highest BCUT2D eigenvalue weighted by molar-refractivity contribution is 8.03. The second-order valence-corrected chi connectivity index (χ2v) is 13.5. The summed E-state index contributed by atoms with van der Waals surface area (Å²) < 4.78 is 58.9. The van der Waals surface area contributed by atoms with Crippen LogP contribution in [0.25, 0.3) is 16.3 Å². The number of hydrogen-bond donors (Lipinski definition) is 2. The molecule has 37 heavy (non-hydrogen) atoms. The second kappa shape index (κ2) is 12.8. The van der Waals surface area contributed by atoms with Crippen molar-refractivity contribution in [2.45, 2.75) is 37.1 Å². The summed E-state index contributed by atoms with van der Waals surface area (Å²) in [6.45, 7) is 1.42. The van der Waals surface area contributed by atoms with E-state index in [9.17, 15) is 12.6 Å². The van der Waals surface area contributed by atoms with Gasteiger partial charge >= 0.3 is 11.4 Å². The molecule has 2 heterocycles. The van der Waals surface area contributed by atoms with Gasteiger partial charge in [-0.1, -0.05) is 46.3 Å². The maximum absolute atomic E-state index is 11.1. The van der Waals surface area contributed by atoms with Crippen molar-refractivity contribution in [2.24, 2.45) is 0 Å². The van der Waals surface area contributed by atoms with Crippen molar-refractivity contribution in [3.05, 3.63) is 56.5 Å². The van der Waals surface area contributed by atoms with Crippen molar-refractivity contribution in [1.82, 2.24) is 0 Å². The number of benzene rings is 2. The van der Waals surface area contributed by atoms with E-state index in [0.717, 1.165) is 37.3 Å². The SMILES string of the molecule is O=S(O)OCCCC[n+]1c(C=C2Sc3ccc(Cl)cc3N2CCCCS(=O)(=O)O)sc2ccc(Cl)cc21. The van der Waals surface area contributed by atoms with Gasteiger partial charge in [0.2, 0.25) is 5.52 Å². The smallest absolute Gasteiger partial charge is 0.301 e. The van der Waals surface area contributed by atoms with Crippen LogP contribution in [0, 0.1) is 0 Å². The fourth-order valence-corrected chi connectivity index (χ4v) is 7.43. The largest absolute Gasteiger partial charge is 0.335 e. The molecule has 0 saturated heterocycles. The third kappa shape index (κ3) is 7.90. The molecule has 200 valence electrons. The zero-order chi connectivity index (χ0) is 26.6. The number of halogens is 2. The van der Waals surface area contributed by atoms with Crippen molar-refractivity contribution < 1.29 is 30.5 Å². The Hall–Kier alpha value is -1.22. The number of aromatic nitrogens is 1. The standard InChI is InChI=1S/C23H24Cl2N2O6S4/c24-16-5-7-20-18(13-16)26(9-1-3-11-33-36(28)29)22(34-20)15-23-27(10-2-4-12-37(30,31)32)19-14-17(25)6-8-21(19)35-23/h5-8,13-15H,1-4,9-12H2,(H-,28,29,30,31,32)/p+1. The van der Waals surface area contributed by atoms with Crippen molar-refractivity contribution >= 4 is 89.8 Å². The lowest BCUT2D eigenvalue weighted by Gasteiger charge is -2.20. The Morgan fingerprint density at radius 2 is 1.84 bits per heavy atom. The van der Waals surface area contributed by atoms with Gasteiger partial charge in [0, 0.05) is 34.0 Å². The molecular formula is C23H25Cl2N2O6S4+. The van der Waals surface area contributed by atoms with Gasteiger partial charge < -0.3 is 4.90 Å². The van der Waals surface area contributed by atoms with Gasteiger partial charge in [0.15, 0.2) is 6.54 Å².